The number of nitrogens with zero attached hydrogens (tertiary/aromatic N) is 5. The minimum atomic E-state index is -1.55. The van der Waals surface area contributed by atoms with E-state index in [0.29, 0.717) is 23.0 Å². The van der Waals surface area contributed by atoms with Crippen molar-refractivity contribution in [3.63, 3.8) is 0 Å². The van der Waals surface area contributed by atoms with E-state index < -0.39 is 72.2 Å². The molecule has 2 N–H and O–H groups in total. The molecule has 56 heavy (non-hydrogen) atoms. The molecule has 4 aliphatic rings. The largest absolute Gasteiger partial charge is 0.455 e. The molecule has 1 spiro atoms. The van der Waals surface area contributed by atoms with Gasteiger partial charge in [0.1, 0.15) is 35.9 Å². The Labute approximate surface area is 323 Å². The van der Waals surface area contributed by atoms with Crippen LogP contribution in [0.15, 0.2) is 109 Å². The maximum absolute atomic E-state index is 15.3. The Balaban J connectivity index is 1.24. The number of rotatable bonds is 9. The number of cyclic esters (lactones) is 1. The zero-order valence-electron chi connectivity index (χ0n) is 30.9. The molecule has 14 nitrogen and oxygen atoms in total. The van der Waals surface area contributed by atoms with Gasteiger partial charge < -0.3 is 34.4 Å². The van der Waals surface area contributed by atoms with Crippen LogP contribution in [0.4, 0.5) is 0 Å². The molecule has 0 unspecified atom stereocenters. The molecule has 3 amide bonds. The van der Waals surface area contributed by atoms with Gasteiger partial charge in [-0.2, -0.15) is 0 Å². The maximum atomic E-state index is 15.3. The van der Waals surface area contributed by atoms with Crippen molar-refractivity contribution in [1.82, 2.24) is 30.1 Å². The van der Waals surface area contributed by atoms with Gasteiger partial charge in [-0.05, 0) is 36.1 Å². The minimum Gasteiger partial charge on any atom is -0.455 e. The first-order valence-electron chi connectivity index (χ1n) is 18.9. The van der Waals surface area contributed by atoms with E-state index in [2.05, 4.69) is 15.6 Å². The molecule has 4 aliphatic heterocycles. The fraction of sp³-hybridized carbons (Fsp3) is 0.381. The van der Waals surface area contributed by atoms with E-state index in [0.717, 1.165) is 5.56 Å². The highest BCUT2D eigenvalue weighted by molar-refractivity contribution is 5.99. The van der Waals surface area contributed by atoms with Gasteiger partial charge in [-0.3, -0.25) is 19.2 Å². The van der Waals surface area contributed by atoms with Gasteiger partial charge in [-0.1, -0.05) is 102 Å². The smallest absolute Gasteiger partial charge is 0.313 e. The molecule has 2 fully saturated rings. The van der Waals surface area contributed by atoms with Gasteiger partial charge in [0.05, 0.1) is 42.8 Å². The molecule has 0 radical (unpaired) electrons. The SMILES string of the molecule is COC[C@H]1NC(=O)CC/C=C\CN(Cn2nnc3ccccc32)C(=O)[C@@H]2N([C@@H](CO)Cc3ccccc3)C(=O)[C@H]3[C@H](C(=O)O[C@@H]1c1ccccc1)[C@@H]1C=C[C@]23O1. The monoisotopic (exact) mass is 760 g/mol. The van der Waals surface area contributed by atoms with Crippen molar-refractivity contribution in [2.45, 2.75) is 61.9 Å². The van der Waals surface area contributed by atoms with Crippen LogP contribution in [0.2, 0.25) is 0 Å². The Hall–Kier alpha value is -5.70. The number of amides is 3. The highest BCUT2D eigenvalue weighted by Gasteiger charge is 2.74. The van der Waals surface area contributed by atoms with Crippen LogP contribution in [0.25, 0.3) is 11.0 Å². The number of carbonyl (C=O) groups excluding carboxylic acids is 4. The lowest BCUT2D eigenvalue weighted by Crippen LogP contribution is -2.59. The summed E-state index contributed by atoms with van der Waals surface area (Å²) in [5, 5.41) is 22.6. The van der Waals surface area contributed by atoms with Crippen LogP contribution in [-0.4, -0.2) is 110 Å². The normalized spacial score (nSPS) is 29.0. The zero-order valence-corrected chi connectivity index (χ0v) is 30.9. The number of benzene rings is 3. The van der Waals surface area contributed by atoms with Gasteiger partial charge >= 0.3 is 5.97 Å². The summed E-state index contributed by atoms with van der Waals surface area (Å²) >= 11 is 0. The Kier molecular flexibility index (Phi) is 10.5. The number of carbonyl (C=O) groups is 4. The molecule has 5 heterocycles. The number of methoxy groups -OCH3 is 1. The third-order valence-electron chi connectivity index (χ3n) is 11.2. The lowest BCUT2D eigenvalue weighted by Gasteiger charge is -2.38. The van der Waals surface area contributed by atoms with Crippen molar-refractivity contribution in [3.05, 3.63) is 120 Å². The number of likely N-dealkylation sites (tertiary alicyclic amines) is 1. The van der Waals surface area contributed by atoms with Crippen molar-refractivity contribution in [2.75, 3.05) is 26.9 Å². The number of ether oxygens (including phenoxy) is 3. The molecule has 4 aromatic rings. The van der Waals surface area contributed by atoms with Gasteiger partial charge in [0.25, 0.3) is 5.91 Å². The summed E-state index contributed by atoms with van der Waals surface area (Å²) < 4.78 is 20.1. The fourth-order valence-electron chi connectivity index (χ4n) is 8.69. The van der Waals surface area contributed by atoms with Crippen molar-refractivity contribution >= 4 is 34.7 Å². The second-order valence-electron chi connectivity index (χ2n) is 14.7. The van der Waals surface area contributed by atoms with Crippen molar-refractivity contribution in [1.29, 1.82) is 0 Å². The van der Waals surface area contributed by atoms with Crippen molar-refractivity contribution < 1.29 is 38.5 Å². The van der Waals surface area contributed by atoms with Crippen LogP contribution >= 0.6 is 0 Å². The Morgan fingerprint density at radius 1 is 0.964 bits per heavy atom. The predicted octanol–water partition coefficient (Wildman–Crippen LogP) is 2.74. The van der Waals surface area contributed by atoms with E-state index in [1.54, 1.807) is 33.9 Å². The summed E-state index contributed by atoms with van der Waals surface area (Å²) in [5.74, 6) is -4.21. The van der Waals surface area contributed by atoms with E-state index in [9.17, 15) is 14.7 Å². The Morgan fingerprint density at radius 3 is 2.48 bits per heavy atom. The lowest BCUT2D eigenvalue weighted by atomic mass is 9.74. The quantitative estimate of drug-likeness (QED) is 0.192. The third kappa shape index (κ3) is 6.77. The van der Waals surface area contributed by atoms with Crippen LogP contribution in [-0.2, 0) is 46.5 Å². The van der Waals surface area contributed by atoms with Crippen molar-refractivity contribution in [2.24, 2.45) is 11.8 Å². The summed E-state index contributed by atoms with van der Waals surface area (Å²) in [6.45, 7) is -0.337. The van der Waals surface area contributed by atoms with Crippen LogP contribution in [0.3, 0.4) is 0 Å². The standard InChI is InChI=1S/C42H44N6O8/c1-54-25-31-37(28-15-7-3-8-16-28)55-41(53)35-33-20-21-42(56-33)36(35)39(51)48(29(24-49)23-27-13-5-2-6-14-27)38(42)40(52)46(22-12-4-9-19-34(50)43-31)26-47-32-18-11-10-17-30(32)44-45-47/h2-8,10-18,20-21,29,31,33,35-38,49H,9,19,22-26H2,1H3,(H,43,50)/b12-4-/t29-,31-,33+,35-,36-,37-,38+,42-/m1/s1. The molecular weight excluding hydrogens is 716 g/mol. The molecule has 8 atom stereocenters. The average molecular weight is 761 g/mol. The summed E-state index contributed by atoms with van der Waals surface area (Å²) in [5.41, 5.74) is 1.29. The second-order valence-corrected chi connectivity index (χ2v) is 14.7. The number of fused-ring (bicyclic) bond motifs is 3. The number of aliphatic hydroxyl groups excluding tert-OH is 1. The summed E-state index contributed by atoms with van der Waals surface area (Å²) in [4.78, 5) is 61.4. The van der Waals surface area contributed by atoms with Crippen LogP contribution in [0, 0.1) is 11.8 Å². The average Bonchev–Trinajstić information content (AvgIpc) is 3.98. The molecule has 2 saturated heterocycles. The summed E-state index contributed by atoms with van der Waals surface area (Å²) in [7, 11) is 1.50. The molecule has 290 valence electrons. The van der Waals surface area contributed by atoms with Crippen LogP contribution < -0.4 is 5.32 Å². The van der Waals surface area contributed by atoms with Crippen LogP contribution in [0.1, 0.15) is 30.1 Å². The highest BCUT2D eigenvalue weighted by Crippen LogP contribution is 2.56. The van der Waals surface area contributed by atoms with Gasteiger partial charge in [0, 0.05) is 20.1 Å². The number of allylic oxidation sites excluding steroid dienone is 1. The maximum Gasteiger partial charge on any atom is 0.313 e. The van der Waals surface area contributed by atoms with E-state index in [1.807, 2.05) is 84.9 Å². The van der Waals surface area contributed by atoms with Crippen molar-refractivity contribution in [3.8, 4) is 0 Å². The summed E-state index contributed by atoms with van der Waals surface area (Å²) in [6.07, 6.45) is 5.99. The molecule has 14 heteroatoms. The van der Waals surface area contributed by atoms with Gasteiger partial charge in [-0.15, -0.1) is 5.10 Å². The van der Waals surface area contributed by atoms with E-state index >= 15 is 9.59 Å². The molecule has 8 rings (SSSR count). The van der Waals surface area contributed by atoms with Crippen LogP contribution in [0.5, 0.6) is 0 Å². The van der Waals surface area contributed by atoms with E-state index in [1.165, 1.54) is 12.0 Å². The number of hydrogen-bond acceptors (Lipinski definition) is 10. The lowest BCUT2D eigenvalue weighted by molar-refractivity contribution is -0.163. The molecule has 0 aliphatic carbocycles. The first-order chi connectivity index (χ1) is 27.3. The highest BCUT2D eigenvalue weighted by atomic mass is 16.6. The second kappa shape index (κ2) is 15.8. The molecule has 3 aromatic carbocycles. The first kappa shape index (κ1) is 37.2. The topological polar surface area (TPSA) is 165 Å². The molecule has 5 bridgehead atoms. The number of aliphatic hydroxyl groups is 1. The van der Waals surface area contributed by atoms with E-state index in [-0.39, 0.29) is 38.6 Å². The molecule has 0 saturated carbocycles. The first-order valence-corrected chi connectivity index (χ1v) is 18.9. The predicted molar refractivity (Wildman–Crippen MR) is 202 cm³/mol. The van der Waals surface area contributed by atoms with E-state index in [4.69, 9.17) is 14.2 Å². The Bertz CT molecular complexity index is 2140. The molecular formula is C42H44N6O8. The van der Waals surface area contributed by atoms with Gasteiger partial charge in [-0.25, -0.2) is 4.68 Å². The number of para-hydroxylation sites is 1. The molecule has 1 aromatic heterocycles. The van der Waals surface area contributed by atoms with Gasteiger partial charge in [0.15, 0.2) is 0 Å². The number of nitrogens with one attached hydrogen (secondary N) is 1. The third-order valence-corrected chi connectivity index (χ3v) is 11.2. The number of hydrogen-bond donors (Lipinski definition) is 2. The number of esters is 1. The minimum absolute atomic E-state index is 0.0258. The van der Waals surface area contributed by atoms with Gasteiger partial charge in [0.2, 0.25) is 11.8 Å². The Morgan fingerprint density at radius 2 is 1.71 bits per heavy atom. The summed E-state index contributed by atoms with van der Waals surface area (Å²) in [6, 6.07) is 23.0. The zero-order chi connectivity index (χ0) is 38.8. The number of aromatic nitrogens is 3. The fourth-order valence-corrected chi connectivity index (χ4v) is 8.69.